The van der Waals surface area contributed by atoms with E-state index in [1.807, 2.05) is 0 Å². The number of nitrogens with two attached hydrogens (primary N) is 2. The zero-order valence-corrected chi connectivity index (χ0v) is 57.4. The molecule has 16 N–H and O–H groups in total. The molecule has 107 heavy (non-hydrogen) atoms. The van der Waals surface area contributed by atoms with E-state index in [2.05, 4.69) is 31.9 Å². The van der Waals surface area contributed by atoms with Crippen molar-refractivity contribution in [2.75, 3.05) is 89.7 Å². The molecule has 0 saturated carbocycles. The van der Waals surface area contributed by atoms with Gasteiger partial charge in [0.15, 0.2) is 11.9 Å². The Bertz CT molecular complexity index is 4070. The molecule has 0 spiro atoms. The first-order valence-corrected chi connectivity index (χ1v) is 32.7. The Kier molecular flexibility index (Phi) is 33.9. The Morgan fingerprint density at radius 3 is 1.17 bits per heavy atom. The molecule has 0 unspecified atom stereocenters. The predicted molar refractivity (Wildman–Crippen MR) is 377 cm³/mol. The molecule has 0 radical (unpaired) electrons. The normalized spacial score (nSPS) is 11.2. The molecule has 0 bridgehead atoms. The van der Waals surface area contributed by atoms with Crippen LogP contribution in [0.1, 0.15) is 82.9 Å². The number of benzene rings is 6. The van der Waals surface area contributed by atoms with E-state index in [1.165, 1.54) is 146 Å². The van der Waals surface area contributed by atoms with Gasteiger partial charge in [-0.2, -0.15) is 0 Å². The van der Waals surface area contributed by atoms with Crippen LogP contribution in [-0.4, -0.2) is 205 Å². The first-order chi connectivity index (χ1) is 51.3. The molecule has 0 aromatic heterocycles. The van der Waals surface area contributed by atoms with Crippen molar-refractivity contribution in [3.05, 3.63) is 190 Å². The summed E-state index contributed by atoms with van der Waals surface area (Å²) in [5.74, 6) is -10.3. The largest absolute Gasteiger partial charge is 0.481 e. The van der Waals surface area contributed by atoms with E-state index in [4.69, 9.17) is 60.2 Å². The molecular formula is C71H80N12O24. The van der Waals surface area contributed by atoms with E-state index in [-0.39, 0.29) is 150 Å². The number of hydrogen-bond donors (Lipinski definition) is 14. The van der Waals surface area contributed by atoms with Gasteiger partial charge < -0.3 is 102 Å². The van der Waals surface area contributed by atoms with Gasteiger partial charge in [0.25, 0.3) is 0 Å². The third kappa shape index (κ3) is 31.2. The number of nitrogens with zero attached hydrogens (tertiary/aromatic N) is 2. The quantitative estimate of drug-likeness (QED) is 0.00852. The third-order valence-corrected chi connectivity index (χ3v) is 14.6. The molecule has 36 nitrogen and oxygen atoms in total. The number of guanidine groups is 2. The van der Waals surface area contributed by atoms with Gasteiger partial charge in [0.2, 0.25) is 23.6 Å². The van der Waals surface area contributed by atoms with Crippen molar-refractivity contribution >= 4 is 94.9 Å². The second kappa shape index (κ2) is 43.8. The highest BCUT2D eigenvalue weighted by Crippen LogP contribution is 2.21. The van der Waals surface area contributed by atoms with Crippen molar-refractivity contribution in [3.63, 3.8) is 0 Å². The highest BCUT2D eigenvalue weighted by atomic mass is 16.6. The van der Waals surface area contributed by atoms with E-state index >= 15 is 0 Å². The van der Waals surface area contributed by atoms with Crippen LogP contribution in [0, 0.1) is 10.8 Å². The summed E-state index contributed by atoms with van der Waals surface area (Å²) in [6, 6.07) is 32.1. The Hall–Kier alpha value is -13.1. The number of rotatable bonds is 44. The second-order valence-electron chi connectivity index (χ2n) is 22.9. The summed E-state index contributed by atoms with van der Waals surface area (Å²) in [5.41, 5.74) is 13.3. The molecule has 6 amide bonds. The number of aliphatic carboxylic acids is 2. The topological polar surface area (TPSA) is 538 Å². The Balaban J connectivity index is 0.862. The van der Waals surface area contributed by atoms with Crippen LogP contribution in [0.3, 0.4) is 0 Å². The fraction of sp³-hybridized carbons (Fsp3) is 0.296. The van der Waals surface area contributed by atoms with Crippen molar-refractivity contribution in [1.29, 1.82) is 10.8 Å². The average molecular weight is 1490 g/mol. The minimum atomic E-state index is -1.61. The highest BCUT2D eigenvalue weighted by molar-refractivity contribution is 5.96. The van der Waals surface area contributed by atoms with Crippen molar-refractivity contribution in [3.8, 4) is 11.5 Å². The number of nitrogens with one attached hydrogen (secondary N) is 8. The highest BCUT2D eigenvalue weighted by Gasteiger charge is 2.29. The van der Waals surface area contributed by atoms with Crippen LogP contribution in [0.4, 0.5) is 21.0 Å². The maximum absolute atomic E-state index is 13.6. The monoisotopic (exact) mass is 1480 g/mol. The number of amides is 6. The summed E-state index contributed by atoms with van der Waals surface area (Å²) in [4.78, 5) is 155. The van der Waals surface area contributed by atoms with Gasteiger partial charge in [-0.15, -0.1) is 0 Å². The van der Waals surface area contributed by atoms with Crippen molar-refractivity contribution < 1.29 is 116 Å². The fourth-order valence-corrected chi connectivity index (χ4v) is 9.47. The van der Waals surface area contributed by atoms with Crippen molar-refractivity contribution in [1.82, 2.24) is 31.1 Å². The fourth-order valence-electron chi connectivity index (χ4n) is 9.47. The number of hydrogen-bond acceptors (Lipinski definition) is 22. The molecule has 6 rings (SSSR count). The zero-order valence-electron chi connectivity index (χ0n) is 57.4. The zero-order chi connectivity index (χ0) is 77.6. The molecule has 0 heterocycles. The SMILES string of the molecule is N=C(N)Nc1ccc(C(=O)Oc2ccc(COC(=O)N(CC(=O)N[C@@H](CCC(=O)O)C(=O)NCCOCCOCCOCCOCCNC(=O)[C@H](CC(=O)O)NC(=O)CN(Cc3cccc(C(=O)O)c3)C(=O)OCc3ccc(OC(=O)c4ccc(NC(=N)N)cc4)cc3)Cc3cccc(C(=O)O)c3)cc2)cc1. The standard InChI is InChI=1S/C71H80N12O24/c72-68(73)78-52-15-11-48(12-16-52)66(96)106-54-19-7-44(8-20-54)42-104-70(98)82(38-46-3-1-5-50(35-46)64(92)93)40-58(84)80-56(23-24-60(86)87)62(90)76-25-27-100-29-31-102-33-34-103-32-30-101-28-26-77-63(91)57(37-61(88)89)81-59(85)41-83(39-47-4-2-6-51(36-47)65(94)95)71(99)105-43-45-9-21-55(22-10-45)107-67(97)49-13-17-53(18-14-49)79-69(74)75/h1-22,35-36,56-57H,23-34,37-43H2,(H,76,90)(H,77,91)(H,80,84)(H,81,85)(H,86,87)(H,88,89)(H,92,93)(H,94,95)(H4,72,73,78)(H4,74,75,79)/t56-,57-/m0/s1. The molecular weight excluding hydrogens is 1400 g/mol. The molecule has 36 heteroatoms. The summed E-state index contributed by atoms with van der Waals surface area (Å²) in [7, 11) is 0. The lowest BCUT2D eigenvalue weighted by molar-refractivity contribution is -0.141. The number of esters is 2. The van der Waals surface area contributed by atoms with Gasteiger partial charge in [-0.3, -0.25) is 49.4 Å². The van der Waals surface area contributed by atoms with Gasteiger partial charge in [0.1, 0.15) is 49.9 Å². The molecule has 2 atom stereocenters. The maximum atomic E-state index is 13.6. The van der Waals surface area contributed by atoms with Crippen LogP contribution >= 0.6 is 0 Å². The summed E-state index contributed by atoms with van der Waals surface area (Å²) in [6.07, 6.45) is -3.76. The minimum Gasteiger partial charge on any atom is -0.481 e. The Morgan fingerprint density at radius 2 is 0.804 bits per heavy atom. The summed E-state index contributed by atoms with van der Waals surface area (Å²) >= 11 is 0. The Labute approximate surface area is 610 Å². The minimum absolute atomic E-state index is 0.0179. The molecule has 0 saturated heterocycles. The van der Waals surface area contributed by atoms with E-state index in [1.54, 1.807) is 0 Å². The first kappa shape index (κ1) is 82.9. The second-order valence-corrected chi connectivity index (χ2v) is 22.9. The lowest BCUT2D eigenvalue weighted by Gasteiger charge is -2.24. The summed E-state index contributed by atoms with van der Waals surface area (Å²) < 4.78 is 43.9. The van der Waals surface area contributed by atoms with E-state index in [0.29, 0.717) is 28.1 Å². The molecule has 0 fully saturated rings. The number of carboxylic acid groups (broad SMARTS) is 4. The summed E-state index contributed by atoms with van der Waals surface area (Å²) in [5, 5.41) is 67.9. The molecule has 0 aliphatic carbocycles. The lowest BCUT2D eigenvalue weighted by Crippen LogP contribution is -2.51. The predicted octanol–water partition coefficient (Wildman–Crippen LogP) is 3.72. The van der Waals surface area contributed by atoms with Gasteiger partial charge >= 0.3 is 48.0 Å². The number of ether oxygens (including phenoxy) is 8. The summed E-state index contributed by atoms with van der Waals surface area (Å²) in [6.45, 7) is -2.38. The number of anilines is 2. The smallest absolute Gasteiger partial charge is 0.410 e. The number of carbonyl (C=O) groups is 12. The van der Waals surface area contributed by atoms with Crippen LogP contribution in [0.25, 0.3) is 0 Å². The Morgan fingerprint density at radius 1 is 0.430 bits per heavy atom. The van der Waals surface area contributed by atoms with Gasteiger partial charge in [-0.1, -0.05) is 48.5 Å². The van der Waals surface area contributed by atoms with Gasteiger partial charge in [-0.25, -0.2) is 28.8 Å². The van der Waals surface area contributed by atoms with Crippen LogP contribution in [0.15, 0.2) is 146 Å². The molecule has 0 aliphatic rings. The lowest BCUT2D eigenvalue weighted by atomic mass is 10.1. The van der Waals surface area contributed by atoms with Gasteiger partial charge in [0, 0.05) is 44.0 Å². The third-order valence-electron chi connectivity index (χ3n) is 14.6. The number of carbonyl (C=O) groups excluding carboxylic acids is 8. The number of aromatic carboxylic acids is 2. The van der Waals surface area contributed by atoms with Crippen LogP contribution in [0.5, 0.6) is 11.5 Å². The first-order valence-electron chi connectivity index (χ1n) is 32.7. The van der Waals surface area contributed by atoms with Crippen molar-refractivity contribution in [2.24, 2.45) is 11.5 Å². The van der Waals surface area contributed by atoms with Crippen LogP contribution in [-0.2, 0) is 83.5 Å². The van der Waals surface area contributed by atoms with Gasteiger partial charge in [-0.05, 0) is 126 Å². The molecule has 6 aromatic rings. The number of carboxylic acids is 4. The van der Waals surface area contributed by atoms with Crippen LogP contribution in [0.2, 0.25) is 0 Å². The van der Waals surface area contributed by atoms with E-state index < -0.39 is 110 Å². The molecule has 6 aromatic carbocycles. The average Bonchev–Trinajstić information content (AvgIpc) is 0.877. The van der Waals surface area contributed by atoms with Crippen molar-refractivity contribution in [2.45, 2.75) is 57.6 Å². The van der Waals surface area contributed by atoms with E-state index in [9.17, 15) is 78.0 Å². The molecule has 568 valence electrons. The molecule has 0 aliphatic heterocycles. The van der Waals surface area contributed by atoms with E-state index in [0.717, 1.165) is 9.80 Å². The van der Waals surface area contributed by atoms with Crippen LogP contribution < -0.4 is 52.8 Å². The maximum Gasteiger partial charge on any atom is 0.410 e. The van der Waals surface area contributed by atoms with Gasteiger partial charge in [0.05, 0.1) is 81.5 Å².